The number of amides is 1. The first-order valence-corrected chi connectivity index (χ1v) is 6.73. The normalized spacial score (nSPS) is 11.6. The number of halogens is 1. The summed E-state index contributed by atoms with van der Waals surface area (Å²) in [4.78, 5) is 12.1. The summed E-state index contributed by atoms with van der Waals surface area (Å²) in [7, 11) is 0. The van der Waals surface area contributed by atoms with Crippen molar-refractivity contribution in [2.45, 2.75) is 26.3 Å². The van der Waals surface area contributed by atoms with Crippen molar-refractivity contribution in [3.8, 4) is 5.69 Å². The molecule has 5 nitrogen and oxygen atoms in total. The molecule has 1 aromatic heterocycles. The average Bonchev–Trinajstić information content (AvgIpc) is 2.81. The van der Waals surface area contributed by atoms with Gasteiger partial charge in [0.2, 0.25) is 0 Å². The van der Waals surface area contributed by atoms with Crippen LogP contribution in [-0.2, 0) is 0 Å². The molecule has 2 aromatic rings. The molecule has 3 N–H and O–H groups in total. The van der Waals surface area contributed by atoms with Crippen molar-refractivity contribution >= 4 is 18.3 Å². The number of aromatic nitrogens is 2. The molecule has 0 saturated carbocycles. The van der Waals surface area contributed by atoms with Gasteiger partial charge in [0.25, 0.3) is 5.91 Å². The summed E-state index contributed by atoms with van der Waals surface area (Å²) in [6, 6.07) is 9.83. The van der Waals surface area contributed by atoms with Crippen LogP contribution >= 0.6 is 12.4 Å². The second-order valence-electron chi connectivity index (χ2n) is 4.91. The fourth-order valence-corrected chi connectivity index (χ4v) is 1.97. The van der Waals surface area contributed by atoms with Gasteiger partial charge in [0, 0.05) is 12.6 Å². The van der Waals surface area contributed by atoms with Crippen LogP contribution in [0.1, 0.15) is 29.4 Å². The van der Waals surface area contributed by atoms with Crippen LogP contribution in [0.5, 0.6) is 0 Å². The van der Waals surface area contributed by atoms with Crippen molar-refractivity contribution in [2.24, 2.45) is 5.73 Å². The number of hydrogen-bond acceptors (Lipinski definition) is 3. The fourth-order valence-electron chi connectivity index (χ4n) is 1.97. The molecule has 0 radical (unpaired) electrons. The summed E-state index contributed by atoms with van der Waals surface area (Å²) in [5, 5.41) is 7.15. The standard InChI is InChI=1S/C15H20N4O.ClH/c1-11(16)8-9-17-15(20)14-10-18-19(12(14)2)13-6-4-3-5-7-13;/h3-7,10-11H,8-9,16H2,1-2H3,(H,17,20);1H. The van der Waals surface area contributed by atoms with Crippen molar-refractivity contribution in [2.75, 3.05) is 6.54 Å². The van der Waals surface area contributed by atoms with E-state index in [1.54, 1.807) is 10.9 Å². The lowest BCUT2D eigenvalue weighted by atomic mass is 10.2. The lowest BCUT2D eigenvalue weighted by molar-refractivity contribution is 0.0952. The molecule has 114 valence electrons. The monoisotopic (exact) mass is 308 g/mol. The molecule has 0 saturated heterocycles. The van der Waals surface area contributed by atoms with E-state index in [1.165, 1.54) is 0 Å². The van der Waals surface area contributed by atoms with Crippen LogP contribution in [0.3, 0.4) is 0 Å². The van der Waals surface area contributed by atoms with Gasteiger partial charge in [-0.2, -0.15) is 5.10 Å². The van der Waals surface area contributed by atoms with Crippen molar-refractivity contribution < 1.29 is 4.79 Å². The Morgan fingerprint density at radius 1 is 1.38 bits per heavy atom. The molecular formula is C15H21ClN4O. The highest BCUT2D eigenvalue weighted by atomic mass is 35.5. The summed E-state index contributed by atoms with van der Waals surface area (Å²) in [5.41, 5.74) is 8.03. The van der Waals surface area contributed by atoms with Gasteiger partial charge in [-0.05, 0) is 32.4 Å². The number of carbonyl (C=O) groups is 1. The Balaban J connectivity index is 0.00000220. The number of rotatable bonds is 5. The van der Waals surface area contributed by atoms with Crippen LogP contribution in [0.15, 0.2) is 36.5 Å². The predicted octanol–water partition coefficient (Wildman–Crippen LogP) is 2.07. The van der Waals surface area contributed by atoms with E-state index in [1.807, 2.05) is 44.2 Å². The van der Waals surface area contributed by atoms with Crippen LogP contribution in [0.25, 0.3) is 5.69 Å². The highest BCUT2D eigenvalue weighted by Gasteiger charge is 2.14. The number of nitrogens with zero attached hydrogens (tertiary/aromatic N) is 2. The van der Waals surface area contributed by atoms with Crippen LogP contribution < -0.4 is 11.1 Å². The Kier molecular flexibility index (Phi) is 6.39. The minimum absolute atomic E-state index is 0. The van der Waals surface area contributed by atoms with Crippen molar-refractivity contribution in [1.82, 2.24) is 15.1 Å². The van der Waals surface area contributed by atoms with Gasteiger partial charge in [-0.25, -0.2) is 4.68 Å². The molecule has 2 rings (SSSR count). The van der Waals surface area contributed by atoms with Gasteiger partial charge in [0.1, 0.15) is 0 Å². The quantitative estimate of drug-likeness (QED) is 0.888. The van der Waals surface area contributed by atoms with E-state index >= 15 is 0 Å². The Morgan fingerprint density at radius 3 is 2.67 bits per heavy atom. The van der Waals surface area contributed by atoms with Crippen LogP contribution in [0.2, 0.25) is 0 Å². The minimum Gasteiger partial charge on any atom is -0.352 e. The summed E-state index contributed by atoms with van der Waals surface area (Å²) in [5.74, 6) is -0.106. The van der Waals surface area contributed by atoms with E-state index in [2.05, 4.69) is 10.4 Å². The lowest BCUT2D eigenvalue weighted by Gasteiger charge is -2.07. The van der Waals surface area contributed by atoms with Gasteiger partial charge in [-0.3, -0.25) is 4.79 Å². The first-order valence-electron chi connectivity index (χ1n) is 6.73. The van der Waals surface area contributed by atoms with E-state index in [9.17, 15) is 4.79 Å². The molecule has 0 aliphatic carbocycles. The molecular weight excluding hydrogens is 288 g/mol. The first-order chi connectivity index (χ1) is 9.59. The Morgan fingerprint density at radius 2 is 2.05 bits per heavy atom. The summed E-state index contributed by atoms with van der Waals surface area (Å²) >= 11 is 0. The van der Waals surface area contributed by atoms with Gasteiger partial charge in [-0.15, -0.1) is 12.4 Å². The maximum Gasteiger partial charge on any atom is 0.254 e. The maximum absolute atomic E-state index is 12.1. The molecule has 1 heterocycles. The summed E-state index contributed by atoms with van der Waals surface area (Å²) < 4.78 is 1.76. The van der Waals surface area contributed by atoms with E-state index in [-0.39, 0.29) is 24.4 Å². The largest absolute Gasteiger partial charge is 0.352 e. The number of nitrogens with two attached hydrogens (primary N) is 1. The Labute approximate surface area is 130 Å². The van der Waals surface area contributed by atoms with Crippen molar-refractivity contribution in [3.63, 3.8) is 0 Å². The number of benzene rings is 1. The van der Waals surface area contributed by atoms with Gasteiger partial charge in [-0.1, -0.05) is 18.2 Å². The molecule has 1 amide bonds. The third kappa shape index (κ3) is 4.31. The Bertz CT molecular complexity index is 581. The number of carbonyl (C=O) groups excluding carboxylic acids is 1. The highest BCUT2D eigenvalue weighted by molar-refractivity contribution is 5.95. The van der Waals surface area contributed by atoms with E-state index in [0.29, 0.717) is 12.1 Å². The van der Waals surface area contributed by atoms with E-state index < -0.39 is 0 Å². The minimum atomic E-state index is -0.106. The van der Waals surface area contributed by atoms with Gasteiger partial charge < -0.3 is 11.1 Å². The van der Waals surface area contributed by atoms with Gasteiger partial charge in [0.15, 0.2) is 0 Å². The van der Waals surface area contributed by atoms with E-state index in [4.69, 9.17) is 5.73 Å². The summed E-state index contributed by atoms with van der Waals surface area (Å²) in [6.07, 6.45) is 2.36. The average molecular weight is 309 g/mol. The zero-order valence-electron chi connectivity index (χ0n) is 12.2. The number of nitrogens with one attached hydrogen (secondary N) is 1. The smallest absolute Gasteiger partial charge is 0.254 e. The van der Waals surface area contributed by atoms with Crippen molar-refractivity contribution in [3.05, 3.63) is 47.8 Å². The second kappa shape index (κ2) is 7.81. The van der Waals surface area contributed by atoms with Crippen LogP contribution in [0, 0.1) is 6.92 Å². The zero-order valence-corrected chi connectivity index (χ0v) is 13.1. The molecule has 1 atom stereocenters. The molecule has 0 fully saturated rings. The molecule has 0 spiro atoms. The second-order valence-corrected chi connectivity index (χ2v) is 4.91. The molecule has 0 aliphatic rings. The summed E-state index contributed by atoms with van der Waals surface area (Å²) in [6.45, 7) is 4.39. The molecule has 1 aromatic carbocycles. The highest BCUT2D eigenvalue weighted by Crippen LogP contribution is 2.13. The third-order valence-corrected chi connectivity index (χ3v) is 3.14. The van der Waals surface area contributed by atoms with Crippen molar-refractivity contribution in [1.29, 1.82) is 0 Å². The number of para-hydroxylation sites is 1. The molecule has 0 bridgehead atoms. The molecule has 0 aliphatic heterocycles. The maximum atomic E-state index is 12.1. The molecule has 1 unspecified atom stereocenters. The molecule has 21 heavy (non-hydrogen) atoms. The molecule has 6 heteroatoms. The Hall–Kier alpha value is -1.85. The van der Waals surface area contributed by atoms with Gasteiger partial charge in [0.05, 0.1) is 23.1 Å². The lowest BCUT2D eigenvalue weighted by Crippen LogP contribution is -2.29. The third-order valence-electron chi connectivity index (χ3n) is 3.14. The van der Waals surface area contributed by atoms with E-state index in [0.717, 1.165) is 17.8 Å². The first kappa shape index (κ1) is 17.2. The zero-order chi connectivity index (χ0) is 14.5. The van der Waals surface area contributed by atoms with Gasteiger partial charge >= 0.3 is 0 Å². The topological polar surface area (TPSA) is 72.9 Å². The van der Waals surface area contributed by atoms with Crippen LogP contribution in [0.4, 0.5) is 0 Å². The SMILES string of the molecule is Cc1c(C(=O)NCCC(C)N)cnn1-c1ccccc1.Cl. The van der Waals surface area contributed by atoms with Crippen LogP contribution in [-0.4, -0.2) is 28.3 Å². The predicted molar refractivity (Wildman–Crippen MR) is 86.1 cm³/mol. The fraction of sp³-hybridized carbons (Fsp3) is 0.333. The number of hydrogen-bond donors (Lipinski definition) is 2.